The summed E-state index contributed by atoms with van der Waals surface area (Å²) >= 11 is 3.14. The van der Waals surface area contributed by atoms with E-state index in [0.717, 1.165) is 12.0 Å². The van der Waals surface area contributed by atoms with Gasteiger partial charge in [-0.05, 0) is 40.0 Å². The molecule has 0 saturated heterocycles. The average Bonchev–Trinajstić information content (AvgIpc) is 1.99. The van der Waals surface area contributed by atoms with Gasteiger partial charge in [-0.15, -0.1) is 0 Å². The van der Waals surface area contributed by atoms with E-state index < -0.39 is 0 Å². The van der Waals surface area contributed by atoms with Crippen LogP contribution in [-0.4, -0.2) is 0 Å². The van der Waals surface area contributed by atoms with E-state index in [1.165, 1.54) is 6.07 Å². The van der Waals surface area contributed by atoms with Crippen LogP contribution in [-0.2, 0) is 6.42 Å². The second kappa shape index (κ2) is 3.22. The summed E-state index contributed by atoms with van der Waals surface area (Å²) in [7, 11) is 0. The Morgan fingerprint density at radius 3 is 2.64 bits per heavy atom. The molecule has 1 aromatic rings. The lowest BCUT2D eigenvalue weighted by Gasteiger charge is -2.05. The molecule has 1 rings (SSSR count). The van der Waals surface area contributed by atoms with Crippen LogP contribution in [0.2, 0.25) is 0 Å². The largest absolute Gasteiger partial charge is 0.398 e. The lowest BCUT2D eigenvalue weighted by Crippen LogP contribution is -1.95. The second-order valence-electron chi connectivity index (χ2n) is 2.28. The minimum absolute atomic E-state index is 0.254. The van der Waals surface area contributed by atoms with Gasteiger partial charge in [-0.2, -0.15) is 0 Å². The summed E-state index contributed by atoms with van der Waals surface area (Å²) in [5.74, 6) is -0.254. The number of anilines is 1. The van der Waals surface area contributed by atoms with Crippen molar-refractivity contribution in [1.29, 1.82) is 0 Å². The van der Waals surface area contributed by atoms with Gasteiger partial charge in [-0.1, -0.05) is 6.92 Å². The van der Waals surface area contributed by atoms with E-state index in [0.29, 0.717) is 10.2 Å². The molecule has 0 aliphatic heterocycles. The van der Waals surface area contributed by atoms with Crippen LogP contribution in [0.15, 0.2) is 16.6 Å². The van der Waals surface area contributed by atoms with Crippen molar-refractivity contribution in [1.82, 2.24) is 0 Å². The monoisotopic (exact) mass is 217 g/mol. The molecule has 0 heterocycles. The number of rotatable bonds is 1. The smallest absolute Gasteiger partial charge is 0.137 e. The van der Waals surface area contributed by atoms with Gasteiger partial charge in [0.1, 0.15) is 5.82 Å². The highest BCUT2D eigenvalue weighted by Gasteiger charge is 2.06. The van der Waals surface area contributed by atoms with Crippen LogP contribution < -0.4 is 5.73 Å². The molecule has 1 aromatic carbocycles. The van der Waals surface area contributed by atoms with Crippen molar-refractivity contribution in [3.8, 4) is 0 Å². The highest BCUT2D eigenvalue weighted by molar-refractivity contribution is 9.10. The zero-order valence-electron chi connectivity index (χ0n) is 6.20. The van der Waals surface area contributed by atoms with Crippen molar-refractivity contribution < 1.29 is 4.39 Å². The Morgan fingerprint density at radius 1 is 1.55 bits per heavy atom. The fourth-order valence-corrected chi connectivity index (χ4v) is 1.61. The first kappa shape index (κ1) is 8.53. The predicted octanol–water partition coefficient (Wildman–Crippen LogP) is 2.73. The van der Waals surface area contributed by atoms with Crippen LogP contribution in [0, 0.1) is 5.82 Å². The Labute approximate surface area is 73.5 Å². The maximum Gasteiger partial charge on any atom is 0.137 e. The molecule has 0 aliphatic rings. The number of benzene rings is 1. The van der Waals surface area contributed by atoms with E-state index in [4.69, 9.17) is 5.73 Å². The van der Waals surface area contributed by atoms with Gasteiger partial charge < -0.3 is 5.73 Å². The summed E-state index contributed by atoms with van der Waals surface area (Å²) < 4.78 is 13.3. The van der Waals surface area contributed by atoms with Crippen LogP contribution >= 0.6 is 15.9 Å². The lowest BCUT2D eigenvalue weighted by atomic mass is 10.1. The third kappa shape index (κ3) is 1.53. The standard InChI is InChI=1S/C8H9BrFN/c1-2-5-7(11)4-3-6(10)8(5)9/h3-4H,2,11H2,1H3. The molecule has 0 atom stereocenters. The Hall–Kier alpha value is -0.570. The van der Waals surface area contributed by atoms with E-state index in [9.17, 15) is 4.39 Å². The van der Waals surface area contributed by atoms with Crippen LogP contribution in [0.4, 0.5) is 10.1 Å². The first-order valence-electron chi connectivity index (χ1n) is 3.39. The van der Waals surface area contributed by atoms with Gasteiger partial charge in [-0.3, -0.25) is 0 Å². The molecule has 1 nitrogen and oxygen atoms in total. The molecule has 0 spiro atoms. The number of hydrogen-bond donors (Lipinski definition) is 1. The Bertz CT molecular complexity index is 273. The Kier molecular flexibility index (Phi) is 2.49. The van der Waals surface area contributed by atoms with Gasteiger partial charge in [-0.25, -0.2) is 4.39 Å². The van der Waals surface area contributed by atoms with Crippen molar-refractivity contribution >= 4 is 21.6 Å². The predicted molar refractivity (Wildman–Crippen MR) is 47.9 cm³/mol. The third-order valence-electron chi connectivity index (χ3n) is 1.59. The van der Waals surface area contributed by atoms with Gasteiger partial charge in [0.25, 0.3) is 0 Å². The van der Waals surface area contributed by atoms with E-state index in [1.54, 1.807) is 6.07 Å². The Morgan fingerprint density at radius 2 is 2.18 bits per heavy atom. The zero-order chi connectivity index (χ0) is 8.43. The fourth-order valence-electron chi connectivity index (χ4n) is 0.967. The molecule has 0 aliphatic carbocycles. The van der Waals surface area contributed by atoms with Gasteiger partial charge in [0.2, 0.25) is 0 Å². The molecule has 0 bridgehead atoms. The summed E-state index contributed by atoms with van der Waals surface area (Å²) in [6.45, 7) is 1.94. The molecule has 0 radical (unpaired) electrons. The quantitative estimate of drug-likeness (QED) is 0.720. The molecule has 11 heavy (non-hydrogen) atoms. The summed E-state index contributed by atoms with van der Waals surface area (Å²) in [5, 5.41) is 0. The molecular weight excluding hydrogens is 209 g/mol. The van der Waals surface area contributed by atoms with Crippen molar-refractivity contribution in [3.63, 3.8) is 0 Å². The van der Waals surface area contributed by atoms with Crippen molar-refractivity contribution in [2.75, 3.05) is 5.73 Å². The number of nitrogens with two attached hydrogens (primary N) is 1. The van der Waals surface area contributed by atoms with E-state index >= 15 is 0 Å². The summed E-state index contributed by atoms with van der Waals surface area (Å²) in [4.78, 5) is 0. The number of nitrogen functional groups attached to an aromatic ring is 1. The van der Waals surface area contributed by atoms with Gasteiger partial charge in [0, 0.05) is 5.69 Å². The van der Waals surface area contributed by atoms with Crippen LogP contribution in [0.3, 0.4) is 0 Å². The van der Waals surface area contributed by atoms with Gasteiger partial charge in [0.15, 0.2) is 0 Å². The first-order valence-corrected chi connectivity index (χ1v) is 4.18. The minimum atomic E-state index is -0.254. The fraction of sp³-hybridized carbons (Fsp3) is 0.250. The Balaban J connectivity index is 3.29. The molecular formula is C8H9BrFN. The minimum Gasteiger partial charge on any atom is -0.398 e. The maximum absolute atomic E-state index is 12.8. The van der Waals surface area contributed by atoms with Crippen molar-refractivity contribution in [3.05, 3.63) is 28.0 Å². The summed E-state index contributed by atoms with van der Waals surface area (Å²) in [6.07, 6.45) is 0.740. The van der Waals surface area contributed by atoms with Crippen LogP contribution in [0.1, 0.15) is 12.5 Å². The molecule has 0 aromatic heterocycles. The average molecular weight is 218 g/mol. The molecule has 0 amide bonds. The number of hydrogen-bond acceptors (Lipinski definition) is 1. The molecule has 60 valence electrons. The normalized spacial score (nSPS) is 10.1. The van der Waals surface area contributed by atoms with Gasteiger partial charge >= 0.3 is 0 Å². The van der Waals surface area contributed by atoms with E-state index in [-0.39, 0.29) is 5.82 Å². The third-order valence-corrected chi connectivity index (χ3v) is 2.44. The lowest BCUT2D eigenvalue weighted by molar-refractivity contribution is 0.619. The maximum atomic E-state index is 12.8. The summed E-state index contributed by atoms with van der Waals surface area (Å²) in [6, 6.07) is 2.94. The van der Waals surface area contributed by atoms with Crippen LogP contribution in [0.5, 0.6) is 0 Å². The molecule has 0 fully saturated rings. The molecule has 0 unspecified atom stereocenters. The highest BCUT2D eigenvalue weighted by atomic mass is 79.9. The summed E-state index contributed by atoms with van der Waals surface area (Å²) in [5.41, 5.74) is 7.08. The molecule has 3 heteroatoms. The van der Waals surface area contributed by atoms with Crippen molar-refractivity contribution in [2.45, 2.75) is 13.3 Å². The second-order valence-corrected chi connectivity index (χ2v) is 3.08. The van der Waals surface area contributed by atoms with Gasteiger partial charge in [0.05, 0.1) is 4.47 Å². The SMILES string of the molecule is CCc1c(N)ccc(F)c1Br. The highest BCUT2D eigenvalue weighted by Crippen LogP contribution is 2.25. The number of halogens is 2. The molecule has 0 saturated carbocycles. The zero-order valence-corrected chi connectivity index (χ0v) is 7.78. The van der Waals surface area contributed by atoms with E-state index in [1.807, 2.05) is 6.92 Å². The van der Waals surface area contributed by atoms with Crippen molar-refractivity contribution in [2.24, 2.45) is 0 Å². The first-order chi connectivity index (χ1) is 5.16. The van der Waals surface area contributed by atoms with Crippen LogP contribution in [0.25, 0.3) is 0 Å². The molecule has 2 N–H and O–H groups in total. The topological polar surface area (TPSA) is 26.0 Å². The van der Waals surface area contributed by atoms with E-state index in [2.05, 4.69) is 15.9 Å².